The molecule has 2 aromatic heterocycles. The molecule has 3 heterocycles. The molecule has 10 heteroatoms. The van der Waals surface area contributed by atoms with Crippen LogP contribution in [0.15, 0.2) is 42.6 Å². The van der Waals surface area contributed by atoms with Gasteiger partial charge in [-0.15, -0.1) is 11.3 Å². The zero-order valence-electron chi connectivity index (χ0n) is 22.2. The average Bonchev–Trinajstić information content (AvgIpc) is 3.29. The maximum atomic E-state index is 13.3. The first-order valence-electron chi connectivity index (χ1n) is 12.5. The minimum Gasteiger partial charge on any atom is -0.387 e. The van der Waals surface area contributed by atoms with Crippen LogP contribution in [0.25, 0.3) is 11.1 Å². The summed E-state index contributed by atoms with van der Waals surface area (Å²) < 4.78 is 0. The molecule has 1 saturated heterocycles. The summed E-state index contributed by atoms with van der Waals surface area (Å²) >= 11 is 1.36. The van der Waals surface area contributed by atoms with E-state index < -0.39 is 12.1 Å². The quantitative estimate of drug-likeness (QED) is 0.378. The second-order valence-electron chi connectivity index (χ2n) is 10.4. The molecule has 0 bridgehead atoms. The molecule has 1 unspecified atom stereocenters. The molecule has 4 rings (SSSR count). The van der Waals surface area contributed by atoms with Crippen molar-refractivity contribution in [2.45, 2.75) is 46.1 Å². The predicted octanol–water partition coefficient (Wildman–Crippen LogP) is 4.69. The predicted molar refractivity (Wildman–Crippen MR) is 150 cm³/mol. The summed E-state index contributed by atoms with van der Waals surface area (Å²) in [5, 5.41) is 18.6. The van der Waals surface area contributed by atoms with Crippen molar-refractivity contribution >= 4 is 39.9 Å². The molecule has 4 amide bonds. The number of pyridine rings is 1. The average molecular weight is 536 g/mol. The van der Waals surface area contributed by atoms with Crippen LogP contribution >= 0.6 is 11.3 Å². The molecule has 3 aromatic rings. The minimum absolute atomic E-state index is 0.00956. The minimum atomic E-state index is -0.651. The van der Waals surface area contributed by atoms with Crippen molar-refractivity contribution in [2.24, 2.45) is 0 Å². The maximum Gasteiger partial charge on any atom is 0.324 e. The molecule has 0 aliphatic carbocycles. The molecule has 200 valence electrons. The Labute approximate surface area is 226 Å². The number of anilines is 2. The van der Waals surface area contributed by atoms with Crippen LogP contribution in [0.2, 0.25) is 0 Å². The highest BCUT2D eigenvalue weighted by atomic mass is 32.1. The Morgan fingerprint density at radius 2 is 1.92 bits per heavy atom. The van der Waals surface area contributed by atoms with Crippen LogP contribution < -0.4 is 16.0 Å². The zero-order valence-corrected chi connectivity index (χ0v) is 23.0. The maximum absolute atomic E-state index is 13.3. The monoisotopic (exact) mass is 535 g/mol. The Bertz CT molecular complexity index is 1360. The molecule has 1 atom stereocenters. The number of piperazine rings is 1. The summed E-state index contributed by atoms with van der Waals surface area (Å²) in [6.07, 6.45) is 1.05. The van der Waals surface area contributed by atoms with Crippen LogP contribution in [0.5, 0.6) is 0 Å². The third kappa shape index (κ3) is 6.20. The number of nitrogens with zero attached hydrogens (tertiary/aromatic N) is 2. The number of carbonyl (C=O) groups is 3. The second-order valence-corrected chi connectivity index (χ2v) is 11.5. The number of benzene rings is 1. The molecule has 0 spiro atoms. The Morgan fingerprint density at radius 1 is 1.16 bits per heavy atom. The van der Waals surface area contributed by atoms with Gasteiger partial charge in [0.15, 0.2) is 0 Å². The van der Waals surface area contributed by atoms with Crippen LogP contribution in [0, 0.1) is 6.92 Å². The molecule has 0 radical (unpaired) electrons. The van der Waals surface area contributed by atoms with E-state index in [9.17, 15) is 19.5 Å². The van der Waals surface area contributed by atoms with Crippen LogP contribution in [-0.2, 0) is 10.2 Å². The number of hydrogen-bond donors (Lipinski definition) is 4. The molecule has 1 aliphatic heterocycles. The Hall–Kier alpha value is -3.76. The number of amides is 4. The van der Waals surface area contributed by atoms with Crippen LogP contribution in [0.1, 0.15) is 60.3 Å². The van der Waals surface area contributed by atoms with E-state index in [0.717, 1.165) is 21.6 Å². The van der Waals surface area contributed by atoms with Gasteiger partial charge in [0.05, 0.1) is 23.9 Å². The Kier molecular flexibility index (Phi) is 7.84. The lowest BCUT2D eigenvalue weighted by Gasteiger charge is -2.26. The third-order valence-corrected chi connectivity index (χ3v) is 7.75. The molecule has 4 N–H and O–H groups in total. The van der Waals surface area contributed by atoms with E-state index in [2.05, 4.69) is 20.9 Å². The summed E-state index contributed by atoms with van der Waals surface area (Å²) in [5.74, 6) is -0.485. The SMILES string of the molecule is Cc1ccc(NC(=O)Nc2sc(C(C)(C)C)cc2C(=O)N2CCNC(=O)C2)cc1-c1ccc(C(C)O)nc1. The largest absolute Gasteiger partial charge is 0.387 e. The van der Waals surface area contributed by atoms with Gasteiger partial charge in [-0.2, -0.15) is 0 Å². The van der Waals surface area contributed by atoms with E-state index in [1.165, 1.54) is 16.2 Å². The van der Waals surface area contributed by atoms with Crippen molar-refractivity contribution in [3.63, 3.8) is 0 Å². The van der Waals surface area contributed by atoms with Gasteiger partial charge in [0.25, 0.3) is 5.91 Å². The summed E-state index contributed by atoms with van der Waals surface area (Å²) in [6, 6.07) is 10.6. The third-order valence-electron chi connectivity index (χ3n) is 6.28. The molecule has 1 aromatic carbocycles. The number of urea groups is 1. The van der Waals surface area contributed by atoms with Crippen LogP contribution in [0.3, 0.4) is 0 Å². The fourth-order valence-electron chi connectivity index (χ4n) is 4.08. The van der Waals surface area contributed by atoms with Crippen molar-refractivity contribution in [3.8, 4) is 11.1 Å². The summed E-state index contributed by atoms with van der Waals surface area (Å²) in [7, 11) is 0. The number of nitrogens with one attached hydrogen (secondary N) is 3. The topological polar surface area (TPSA) is 124 Å². The Morgan fingerprint density at radius 3 is 2.55 bits per heavy atom. The van der Waals surface area contributed by atoms with Crippen LogP contribution in [-0.4, -0.2) is 52.5 Å². The van der Waals surface area contributed by atoms with E-state index >= 15 is 0 Å². The molecular formula is C28H33N5O4S. The highest BCUT2D eigenvalue weighted by molar-refractivity contribution is 7.16. The van der Waals surface area contributed by atoms with Gasteiger partial charge in [-0.25, -0.2) is 4.79 Å². The summed E-state index contributed by atoms with van der Waals surface area (Å²) in [6.45, 7) is 10.6. The van der Waals surface area contributed by atoms with Crippen molar-refractivity contribution in [1.82, 2.24) is 15.2 Å². The highest BCUT2D eigenvalue weighted by Crippen LogP contribution is 2.37. The van der Waals surface area contributed by atoms with Crippen molar-refractivity contribution in [1.29, 1.82) is 0 Å². The van der Waals surface area contributed by atoms with Crippen molar-refractivity contribution in [2.75, 3.05) is 30.3 Å². The van der Waals surface area contributed by atoms with Crippen LogP contribution in [0.4, 0.5) is 15.5 Å². The zero-order chi connectivity index (χ0) is 27.6. The van der Waals surface area contributed by atoms with Gasteiger partial charge >= 0.3 is 6.03 Å². The van der Waals surface area contributed by atoms with E-state index in [-0.39, 0.29) is 23.8 Å². The number of carbonyl (C=O) groups excluding carboxylic acids is 3. The van der Waals surface area contributed by atoms with E-state index in [4.69, 9.17) is 0 Å². The number of aromatic nitrogens is 1. The lowest BCUT2D eigenvalue weighted by Crippen LogP contribution is -2.50. The molecule has 1 aliphatic rings. The fourth-order valence-corrected chi connectivity index (χ4v) is 5.19. The summed E-state index contributed by atoms with van der Waals surface area (Å²) in [5.41, 5.74) is 4.09. The molecule has 0 saturated carbocycles. The van der Waals surface area contributed by atoms with Gasteiger partial charge in [-0.1, -0.05) is 32.9 Å². The number of aliphatic hydroxyl groups excluding tert-OH is 1. The van der Waals surface area contributed by atoms with Crippen molar-refractivity contribution in [3.05, 3.63) is 64.3 Å². The van der Waals surface area contributed by atoms with Gasteiger partial charge < -0.3 is 20.6 Å². The van der Waals surface area contributed by atoms with Gasteiger partial charge in [0, 0.05) is 35.4 Å². The smallest absolute Gasteiger partial charge is 0.324 e. The lowest BCUT2D eigenvalue weighted by molar-refractivity contribution is -0.123. The Balaban J connectivity index is 1.55. The van der Waals surface area contributed by atoms with Gasteiger partial charge in [-0.3, -0.25) is 19.9 Å². The normalized spacial score (nSPS) is 14.6. The first-order chi connectivity index (χ1) is 17.9. The van der Waals surface area contributed by atoms with E-state index in [1.54, 1.807) is 19.2 Å². The molecular weight excluding hydrogens is 502 g/mol. The summed E-state index contributed by atoms with van der Waals surface area (Å²) in [4.78, 5) is 45.0. The van der Waals surface area contributed by atoms with Crippen molar-refractivity contribution < 1.29 is 19.5 Å². The van der Waals surface area contributed by atoms with E-state index in [0.29, 0.717) is 35.0 Å². The molecule has 9 nitrogen and oxygen atoms in total. The lowest BCUT2D eigenvalue weighted by atomic mass is 9.94. The number of aliphatic hydroxyl groups is 1. The first kappa shape index (κ1) is 27.3. The number of aryl methyl sites for hydroxylation is 1. The van der Waals surface area contributed by atoms with E-state index in [1.807, 2.05) is 58.0 Å². The van der Waals surface area contributed by atoms with Gasteiger partial charge in [-0.05, 0) is 54.7 Å². The number of rotatable bonds is 5. The standard InChI is InChI=1S/C28H33N5O4S/c1-16-6-8-19(12-20(16)18-7-9-22(17(2)34)30-14-18)31-27(37)32-25-21(13-23(38-25)28(3,4)5)26(36)33-11-10-29-24(35)15-33/h6-9,12-14,17,34H,10-11,15H2,1-5H3,(H,29,35)(H2,31,32,37). The molecule has 1 fully saturated rings. The first-order valence-corrected chi connectivity index (χ1v) is 13.3. The highest BCUT2D eigenvalue weighted by Gasteiger charge is 2.29. The fraction of sp³-hybridized carbons (Fsp3) is 0.357. The second kappa shape index (κ2) is 10.9. The van der Waals surface area contributed by atoms with Gasteiger partial charge in [0.1, 0.15) is 5.00 Å². The van der Waals surface area contributed by atoms with Gasteiger partial charge in [0.2, 0.25) is 5.91 Å². The molecule has 38 heavy (non-hydrogen) atoms. The number of hydrogen-bond acceptors (Lipinski definition) is 6. The number of thiophene rings is 1.